The normalized spacial score (nSPS) is 16.4. The summed E-state index contributed by atoms with van der Waals surface area (Å²) in [4.78, 5) is 24.1. The highest BCUT2D eigenvalue weighted by Crippen LogP contribution is 2.37. The summed E-state index contributed by atoms with van der Waals surface area (Å²) >= 11 is 0. The summed E-state index contributed by atoms with van der Waals surface area (Å²) in [6.45, 7) is 3.99. The molecule has 1 amide bonds. The number of nitro benzene ring substituents is 1. The van der Waals surface area contributed by atoms with Crippen molar-refractivity contribution in [3.05, 3.63) is 75.8 Å². The molecule has 0 fully saturated rings. The van der Waals surface area contributed by atoms with Gasteiger partial charge in [0.1, 0.15) is 0 Å². The molecule has 8 nitrogen and oxygen atoms in total. The molecule has 0 saturated carbocycles. The van der Waals surface area contributed by atoms with E-state index in [2.05, 4.69) is 10.4 Å². The highest BCUT2D eigenvalue weighted by Gasteiger charge is 2.36. The van der Waals surface area contributed by atoms with Gasteiger partial charge in [-0.3, -0.25) is 14.9 Å². The molecule has 2 N–H and O–H groups in total. The number of amides is 1. The Morgan fingerprint density at radius 3 is 2.57 bits per heavy atom. The Morgan fingerprint density at radius 1 is 1.23 bits per heavy atom. The molecule has 2 aromatic carbocycles. The molecule has 30 heavy (non-hydrogen) atoms. The van der Waals surface area contributed by atoms with Crippen molar-refractivity contribution in [1.29, 1.82) is 0 Å². The Labute approximate surface area is 175 Å². The number of para-hydroxylation sites is 1. The maximum Gasteiger partial charge on any atom is 0.274 e. The zero-order chi connectivity index (χ0) is 21.7. The number of aliphatic hydroxyl groups is 1. The van der Waals surface area contributed by atoms with E-state index in [1.54, 1.807) is 18.2 Å². The molecule has 0 aliphatic carbocycles. The molecule has 1 aliphatic rings. The molecule has 0 spiro atoms. The Kier molecular flexibility index (Phi) is 6.59. The van der Waals surface area contributed by atoms with E-state index >= 15 is 0 Å². The van der Waals surface area contributed by atoms with Crippen molar-refractivity contribution in [1.82, 2.24) is 10.3 Å². The highest BCUT2D eigenvalue weighted by molar-refractivity contribution is 6.03. The highest BCUT2D eigenvalue weighted by atomic mass is 16.6. The summed E-state index contributed by atoms with van der Waals surface area (Å²) in [5.41, 5.74) is 1.55. The van der Waals surface area contributed by atoms with Crippen LogP contribution in [0, 0.1) is 10.1 Å². The van der Waals surface area contributed by atoms with E-state index in [-0.39, 0.29) is 24.6 Å². The van der Waals surface area contributed by atoms with Crippen molar-refractivity contribution < 1.29 is 14.8 Å². The van der Waals surface area contributed by atoms with Gasteiger partial charge >= 0.3 is 0 Å². The van der Waals surface area contributed by atoms with Gasteiger partial charge in [-0.1, -0.05) is 42.5 Å². The van der Waals surface area contributed by atoms with E-state index < -0.39 is 16.5 Å². The number of nitrogens with one attached hydrogen (secondary N) is 1. The van der Waals surface area contributed by atoms with Crippen LogP contribution in [-0.4, -0.2) is 45.3 Å². The Hall–Kier alpha value is -3.10. The number of hydrogen-bond acceptors (Lipinski definition) is 6. The first-order valence-electron chi connectivity index (χ1n) is 9.86. The third-order valence-electron chi connectivity index (χ3n) is 5.10. The second-order valence-corrected chi connectivity index (χ2v) is 7.91. The third-order valence-corrected chi connectivity index (χ3v) is 5.10. The van der Waals surface area contributed by atoms with E-state index in [1.165, 1.54) is 11.1 Å². The molecule has 1 atom stereocenters. The van der Waals surface area contributed by atoms with Crippen molar-refractivity contribution in [2.75, 3.05) is 13.2 Å². The molecule has 1 aliphatic heterocycles. The molecule has 8 heteroatoms. The van der Waals surface area contributed by atoms with Crippen LogP contribution < -0.4 is 5.32 Å². The van der Waals surface area contributed by atoms with Crippen LogP contribution >= 0.6 is 0 Å². The number of nitro groups is 1. The predicted molar refractivity (Wildman–Crippen MR) is 114 cm³/mol. The lowest BCUT2D eigenvalue weighted by molar-refractivity contribution is -0.385. The first kappa shape index (κ1) is 21.6. The van der Waals surface area contributed by atoms with E-state index in [4.69, 9.17) is 0 Å². The van der Waals surface area contributed by atoms with Crippen LogP contribution in [0.2, 0.25) is 0 Å². The summed E-state index contributed by atoms with van der Waals surface area (Å²) in [5, 5.41) is 30.0. The summed E-state index contributed by atoms with van der Waals surface area (Å²) in [6, 6.07) is 15.4. The fourth-order valence-corrected chi connectivity index (χ4v) is 3.40. The minimum absolute atomic E-state index is 0.0237. The zero-order valence-electron chi connectivity index (χ0n) is 17.1. The molecule has 0 saturated heterocycles. The van der Waals surface area contributed by atoms with Crippen LogP contribution in [0.4, 0.5) is 5.69 Å². The average molecular weight is 410 g/mol. The van der Waals surface area contributed by atoms with E-state index in [1.807, 2.05) is 44.2 Å². The van der Waals surface area contributed by atoms with Gasteiger partial charge in [0.25, 0.3) is 5.69 Å². The molecular formula is C22H26N4O4. The number of nitrogens with zero attached hydrogens (tertiary/aromatic N) is 3. The topological polar surface area (TPSA) is 108 Å². The molecule has 158 valence electrons. The summed E-state index contributed by atoms with van der Waals surface area (Å²) in [6.07, 6.45) is 0.558. The largest absolute Gasteiger partial charge is 0.394 e. The van der Waals surface area contributed by atoms with Gasteiger partial charge in [0.05, 0.1) is 28.8 Å². The Morgan fingerprint density at radius 2 is 1.90 bits per heavy atom. The van der Waals surface area contributed by atoms with Gasteiger partial charge in [-0.05, 0) is 25.5 Å². The van der Waals surface area contributed by atoms with Gasteiger partial charge in [-0.25, -0.2) is 5.01 Å². The molecule has 0 unspecified atom stereocenters. The first-order chi connectivity index (χ1) is 14.3. The lowest BCUT2D eigenvalue weighted by atomic mass is 9.97. The summed E-state index contributed by atoms with van der Waals surface area (Å²) in [7, 11) is 0. The quantitative estimate of drug-likeness (QED) is 0.514. The van der Waals surface area contributed by atoms with E-state index in [0.717, 1.165) is 11.3 Å². The number of carbonyl (C=O) groups is 1. The molecular weight excluding hydrogens is 384 g/mol. The van der Waals surface area contributed by atoms with Crippen LogP contribution in [-0.2, 0) is 4.79 Å². The molecule has 3 rings (SSSR count). The number of carbonyl (C=O) groups excluding carboxylic acids is 1. The van der Waals surface area contributed by atoms with Gasteiger partial charge in [0, 0.05) is 31.0 Å². The van der Waals surface area contributed by atoms with E-state index in [0.29, 0.717) is 18.5 Å². The minimum Gasteiger partial charge on any atom is -0.394 e. The second-order valence-electron chi connectivity index (χ2n) is 7.91. The summed E-state index contributed by atoms with van der Waals surface area (Å²) < 4.78 is 0. The van der Waals surface area contributed by atoms with Gasteiger partial charge in [0.15, 0.2) is 0 Å². The number of benzene rings is 2. The fourth-order valence-electron chi connectivity index (χ4n) is 3.40. The van der Waals surface area contributed by atoms with Gasteiger partial charge in [-0.2, -0.15) is 5.10 Å². The molecule has 0 radical (unpaired) electrons. The molecule has 0 bridgehead atoms. The minimum atomic E-state index is -0.542. The SMILES string of the molecule is CC(C)(CO)NCCC(=O)N1N=C(c2ccccc2)C[C@@H]1c1ccccc1[N+](=O)[O-]. The smallest absolute Gasteiger partial charge is 0.274 e. The Bertz CT molecular complexity index is 943. The predicted octanol–water partition coefficient (Wildman–Crippen LogP) is 3.02. The monoisotopic (exact) mass is 410 g/mol. The third kappa shape index (κ3) is 4.90. The standard InChI is InChI=1S/C22H26N4O4/c1-22(2,15-27)23-13-12-21(28)25-20(17-10-6-7-11-19(17)26(29)30)14-18(24-25)16-8-4-3-5-9-16/h3-11,20,23,27H,12-15H2,1-2H3/t20-/m1/s1. The number of aliphatic hydroxyl groups excluding tert-OH is 1. The summed E-state index contributed by atoms with van der Waals surface area (Å²) in [5.74, 6) is -0.231. The van der Waals surface area contributed by atoms with Crippen molar-refractivity contribution in [2.45, 2.75) is 38.3 Å². The van der Waals surface area contributed by atoms with Crippen LogP contribution in [0.25, 0.3) is 0 Å². The first-order valence-corrected chi connectivity index (χ1v) is 9.86. The fraction of sp³-hybridized carbons (Fsp3) is 0.364. The van der Waals surface area contributed by atoms with Crippen molar-refractivity contribution in [3.63, 3.8) is 0 Å². The van der Waals surface area contributed by atoms with Gasteiger partial charge in [0.2, 0.25) is 5.91 Å². The number of hydrogen-bond donors (Lipinski definition) is 2. The lowest BCUT2D eigenvalue weighted by Gasteiger charge is -2.25. The van der Waals surface area contributed by atoms with Crippen LogP contribution in [0.1, 0.15) is 43.9 Å². The molecule has 0 aromatic heterocycles. The maximum atomic E-state index is 13.0. The van der Waals surface area contributed by atoms with Crippen molar-refractivity contribution in [3.8, 4) is 0 Å². The Balaban J connectivity index is 1.88. The number of hydrazone groups is 1. The number of rotatable bonds is 8. The molecule has 2 aromatic rings. The van der Waals surface area contributed by atoms with Crippen LogP contribution in [0.15, 0.2) is 59.7 Å². The molecule has 1 heterocycles. The zero-order valence-corrected chi connectivity index (χ0v) is 17.1. The second kappa shape index (κ2) is 9.15. The van der Waals surface area contributed by atoms with Crippen LogP contribution in [0.3, 0.4) is 0 Å². The van der Waals surface area contributed by atoms with E-state index in [9.17, 15) is 20.0 Å². The van der Waals surface area contributed by atoms with Gasteiger partial charge in [-0.15, -0.1) is 0 Å². The lowest BCUT2D eigenvalue weighted by Crippen LogP contribution is -2.44. The van der Waals surface area contributed by atoms with Crippen molar-refractivity contribution >= 4 is 17.3 Å². The van der Waals surface area contributed by atoms with Crippen LogP contribution in [0.5, 0.6) is 0 Å². The maximum absolute atomic E-state index is 13.0. The average Bonchev–Trinajstić information content (AvgIpc) is 3.19. The van der Waals surface area contributed by atoms with Crippen molar-refractivity contribution in [2.24, 2.45) is 5.10 Å². The van der Waals surface area contributed by atoms with Gasteiger partial charge < -0.3 is 10.4 Å².